The van der Waals surface area contributed by atoms with Crippen molar-refractivity contribution in [3.05, 3.63) is 22.4 Å². The van der Waals surface area contributed by atoms with Gasteiger partial charge in [0.2, 0.25) is 11.8 Å². The van der Waals surface area contributed by atoms with Crippen LogP contribution < -0.4 is 10.6 Å². The summed E-state index contributed by atoms with van der Waals surface area (Å²) in [5.74, 6) is -0.889. The maximum absolute atomic E-state index is 12.2. The zero-order valence-electron chi connectivity index (χ0n) is 13.4. The van der Waals surface area contributed by atoms with Gasteiger partial charge in [0.1, 0.15) is 0 Å². The standard InChI is InChI=1S/C15H17N3O4S3/c1-9(19)16-6-11-2-3-13(24-11)12-7-23-15(17-12)18-14(20)10-4-5-25(21,22)8-10/h2-3,7,10H,4-6,8H2,1H3,(H,16,19)(H,17,18,20). The second-order valence-corrected chi connectivity index (χ2v) is 10.1. The summed E-state index contributed by atoms with van der Waals surface area (Å²) < 4.78 is 22.9. The fourth-order valence-electron chi connectivity index (χ4n) is 2.48. The second kappa shape index (κ2) is 7.22. The van der Waals surface area contributed by atoms with Gasteiger partial charge in [-0.15, -0.1) is 22.7 Å². The monoisotopic (exact) mass is 399 g/mol. The largest absolute Gasteiger partial charge is 0.351 e. The highest BCUT2D eigenvalue weighted by molar-refractivity contribution is 7.91. The predicted molar refractivity (Wildman–Crippen MR) is 98.3 cm³/mol. The smallest absolute Gasteiger partial charge is 0.230 e. The van der Waals surface area contributed by atoms with Crippen molar-refractivity contribution in [2.24, 2.45) is 5.92 Å². The Balaban J connectivity index is 1.62. The van der Waals surface area contributed by atoms with Crippen molar-refractivity contribution >= 4 is 49.5 Å². The summed E-state index contributed by atoms with van der Waals surface area (Å²) in [5.41, 5.74) is 0.749. The van der Waals surface area contributed by atoms with Crippen LogP contribution in [0, 0.1) is 5.92 Å². The van der Waals surface area contributed by atoms with E-state index in [1.54, 1.807) is 0 Å². The molecule has 1 aliphatic heterocycles. The molecule has 2 aromatic heterocycles. The van der Waals surface area contributed by atoms with Crippen molar-refractivity contribution in [1.82, 2.24) is 10.3 Å². The lowest BCUT2D eigenvalue weighted by Gasteiger charge is -2.06. The number of amides is 2. The van der Waals surface area contributed by atoms with E-state index < -0.39 is 15.8 Å². The minimum atomic E-state index is -3.09. The van der Waals surface area contributed by atoms with Gasteiger partial charge in [0.05, 0.1) is 34.5 Å². The lowest BCUT2D eigenvalue weighted by atomic mass is 10.1. The Morgan fingerprint density at radius 3 is 2.84 bits per heavy atom. The molecule has 1 saturated heterocycles. The van der Waals surface area contributed by atoms with E-state index in [0.29, 0.717) is 18.1 Å². The zero-order valence-corrected chi connectivity index (χ0v) is 15.9. The van der Waals surface area contributed by atoms with E-state index in [1.807, 2.05) is 17.5 Å². The molecule has 0 saturated carbocycles. The molecule has 1 atom stereocenters. The van der Waals surface area contributed by atoms with E-state index in [1.165, 1.54) is 29.6 Å². The highest BCUT2D eigenvalue weighted by Gasteiger charge is 2.33. The Hall–Kier alpha value is -1.78. The lowest BCUT2D eigenvalue weighted by Crippen LogP contribution is -2.23. The number of thiophene rings is 1. The topological polar surface area (TPSA) is 105 Å². The molecule has 1 unspecified atom stereocenters. The van der Waals surface area contributed by atoms with Crippen LogP contribution in [-0.2, 0) is 26.0 Å². The number of carbonyl (C=O) groups is 2. The molecular formula is C15H17N3O4S3. The SMILES string of the molecule is CC(=O)NCc1ccc(-c2csc(NC(=O)C3CCS(=O)(=O)C3)n2)s1. The highest BCUT2D eigenvalue weighted by Crippen LogP contribution is 2.31. The molecule has 7 nitrogen and oxygen atoms in total. The van der Waals surface area contributed by atoms with Gasteiger partial charge in [-0.3, -0.25) is 9.59 Å². The third kappa shape index (κ3) is 4.65. The third-order valence-corrected chi connectivity index (χ3v) is 7.40. The molecule has 0 radical (unpaired) electrons. The number of nitrogens with zero attached hydrogens (tertiary/aromatic N) is 1. The first kappa shape index (κ1) is 18.0. The molecule has 3 heterocycles. The van der Waals surface area contributed by atoms with Crippen LogP contribution in [0.3, 0.4) is 0 Å². The second-order valence-electron chi connectivity index (χ2n) is 5.80. The van der Waals surface area contributed by atoms with E-state index in [2.05, 4.69) is 15.6 Å². The molecule has 1 aliphatic rings. The predicted octanol–water partition coefficient (Wildman–Crippen LogP) is 1.88. The van der Waals surface area contributed by atoms with Crippen molar-refractivity contribution in [3.63, 3.8) is 0 Å². The van der Waals surface area contributed by atoms with Crippen LogP contribution in [0.25, 0.3) is 10.6 Å². The lowest BCUT2D eigenvalue weighted by molar-refractivity contribution is -0.119. The average Bonchev–Trinajstić information content (AvgIpc) is 3.24. The summed E-state index contributed by atoms with van der Waals surface area (Å²) in [4.78, 5) is 29.5. The molecule has 25 heavy (non-hydrogen) atoms. The number of rotatable bonds is 5. The molecular weight excluding hydrogens is 382 g/mol. The average molecular weight is 400 g/mol. The number of aromatic nitrogens is 1. The van der Waals surface area contributed by atoms with Gasteiger partial charge in [-0.05, 0) is 18.6 Å². The molecule has 2 aromatic rings. The molecule has 10 heteroatoms. The van der Waals surface area contributed by atoms with Gasteiger partial charge in [-0.1, -0.05) is 0 Å². The van der Waals surface area contributed by atoms with Crippen molar-refractivity contribution in [2.75, 3.05) is 16.8 Å². The van der Waals surface area contributed by atoms with Crippen molar-refractivity contribution in [3.8, 4) is 10.6 Å². The van der Waals surface area contributed by atoms with E-state index in [9.17, 15) is 18.0 Å². The van der Waals surface area contributed by atoms with Gasteiger partial charge in [0.25, 0.3) is 0 Å². The summed E-state index contributed by atoms with van der Waals surface area (Å²) in [6.07, 6.45) is 0.365. The Morgan fingerprint density at radius 2 is 2.16 bits per heavy atom. The zero-order chi connectivity index (χ0) is 18.0. The minimum Gasteiger partial charge on any atom is -0.351 e. The Morgan fingerprint density at radius 1 is 1.36 bits per heavy atom. The van der Waals surface area contributed by atoms with Gasteiger partial charge >= 0.3 is 0 Å². The summed E-state index contributed by atoms with van der Waals surface area (Å²) in [6.45, 7) is 1.95. The first-order valence-corrected chi connectivity index (χ1v) is 11.1. The molecule has 2 N–H and O–H groups in total. The number of sulfone groups is 1. The molecule has 0 aromatic carbocycles. The van der Waals surface area contributed by atoms with Gasteiger partial charge in [-0.25, -0.2) is 13.4 Å². The van der Waals surface area contributed by atoms with Crippen LogP contribution in [-0.4, -0.2) is 36.7 Å². The molecule has 0 spiro atoms. The molecule has 2 amide bonds. The number of hydrogen-bond donors (Lipinski definition) is 2. The van der Waals surface area contributed by atoms with E-state index >= 15 is 0 Å². The van der Waals surface area contributed by atoms with Gasteiger partial charge in [-0.2, -0.15) is 0 Å². The highest BCUT2D eigenvalue weighted by atomic mass is 32.2. The maximum Gasteiger partial charge on any atom is 0.230 e. The summed E-state index contributed by atoms with van der Waals surface area (Å²) in [5, 5.41) is 7.76. The third-order valence-electron chi connectivity index (χ3n) is 3.76. The van der Waals surface area contributed by atoms with E-state index in [4.69, 9.17) is 0 Å². The molecule has 0 aliphatic carbocycles. The molecule has 0 bridgehead atoms. The van der Waals surface area contributed by atoms with Crippen LogP contribution >= 0.6 is 22.7 Å². The molecule has 134 valence electrons. The minimum absolute atomic E-state index is 0.0699. The number of nitrogens with one attached hydrogen (secondary N) is 2. The number of carbonyl (C=O) groups excluding carboxylic acids is 2. The fourth-order valence-corrected chi connectivity index (χ4v) is 5.91. The van der Waals surface area contributed by atoms with Crippen LogP contribution in [0.4, 0.5) is 5.13 Å². The van der Waals surface area contributed by atoms with Crippen LogP contribution in [0.15, 0.2) is 17.5 Å². The summed E-state index contributed by atoms with van der Waals surface area (Å²) >= 11 is 2.83. The van der Waals surface area contributed by atoms with Crippen molar-refractivity contribution in [2.45, 2.75) is 19.9 Å². The normalized spacial score (nSPS) is 18.8. The summed E-state index contributed by atoms with van der Waals surface area (Å²) in [7, 11) is -3.09. The summed E-state index contributed by atoms with van der Waals surface area (Å²) in [6, 6.07) is 3.85. The van der Waals surface area contributed by atoms with Crippen molar-refractivity contribution < 1.29 is 18.0 Å². The van der Waals surface area contributed by atoms with Gasteiger partial charge in [0, 0.05) is 17.2 Å². The molecule has 1 fully saturated rings. The first-order chi connectivity index (χ1) is 11.8. The Labute approximate surface area is 153 Å². The van der Waals surface area contributed by atoms with Crippen LogP contribution in [0.2, 0.25) is 0 Å². The van der Waals surface area contributed by atoms with Crippen molar-refractivity contribution in [1.29, 1.82) is 0 Å². The van der Waals surface area contributed by atoms with Gasteiger partial charge < -0.3 is 10.6 Å². The number of thiazole rings is 1. The van der Waals surface area contributed by atoms with Crippen LogP contribution in [0.5, 0.6) is 0 Å². The first-order valence-electron chi connectivity index (χ1n) is 7.63. The van der Waals surface area contributed by atoms with Gasteiger partial charge in [0.15, 0.2) is 15.0 Å². The fraction of sp³-hybridized carbons (Fsp3) is 0.400. The van der Waals surface area contributed by atoms with E-state index in [-0.39, 0.29) is 23.3 Å². The number of hydrogen-bond acceptors (Lipinski definition) is 7. The Kier molecular flexibility index (Phi) is 5.21. The molecule has 3 rings (SSSR count). The number of anilines is 1. The maximum atomic E-state index is 12.2. The van der Waals surface area contributed by atoms with Crippen LogP contribution in [0.1, 0.15) is 18.2 Å². The quantitative estimate of drug-likeness (QED) is 0.799. The Bertz CT molecular complexity index is 901. The van der Waals surface area contributed by atoms with E-state index in [0.717, 1.165) is 15.4 Å².